The summed E-state index contributed by atoms with van der Waals surface area (Å²) in [6.45, 7) is 3.72. The number of benzene rings is 1. The molecule has 1 aromatic carbocycles. The van der Waals surface area contributed by atoms with Gasteiger partial charge in [0.05, 0.1) is 19.6 Å². The highest BCUT2D eigenvalue weighted by Gasteiger charge is 2.38. The molecule has 1 aromatic heterocycles. The van der Waals surface area contributed by atoms with Gasteiger partial charge in [0.15, 0.2) is 0 Å². The van der Waals surface area contributed by atoms with Crippen LogP contribution in [-0.2, 0) is 21.2 Å². The second-order valence-corrected chi connectivity index (χ2v) is 11.6. The molecule has 1 amide bonds. The summed E-state index contributed by atoms with van der Waals surface area (Å²) < 4.78 is 34.8. The van der Waals surface area contributed by atoms with Gasteiger partial charge in [-0.1, -0.05) is 18.8 Å². The van der Waals surface area contributed by atoms with Gasteiger partial charge in [0, 0.05) is 49.4 Å². The van der Waals surface area contributed by atoms with E-state index in [2.05, 4.69) is 16.8 Å². The number of pyridine rings is 1. The zero-order chi connectivity index (χ0) is 25.9. The number of aromatic nitrogens is 1. The normalized spacial score (nSPS) is 22.1. The predicted octanol–water partition coefficient (Wildman–Crippen LogP) is 2.31. The van der Waals surface area contributed by atoms with Crippen molar-refractivity contribution in [2.24, 2.45) is 11.8 Å². The van der Waals surface area contributed by atoms with Crippen molar-refractivity contribution in [1.82, 2.24) is 14.2 Å². The van der Waals surface area contributed by atoms with Gasteiger partial charge in [0.1, 0.15) is 16.7 Å². The van der Waals surface area contributed by atoms with Gasteiger partial charge < -0.3 is 14.7 Å². The molecule has 0 unspecified atom stereocenters. The fraction of sp³-hybridized carbons (Fsp3) is 0.481. The highest BCUT2D eigenvalue weighted by Crippen LogP contribution is 2.34. The van der Waals surface area contributed by atoms with E-state index in [1.165, 1.54) is 10.4 Å². The number of ether oxygens (including phenoxy) is 1. The van der Waals surface area contributed by atoms with Crippen LogP contribution in [0.3, 0.4) is 0 Å². The quantitative estimate of drug-likeness (QED) is 0.598. The lowest BCUT2D eigenvalue weighted by atomic mass is 10.0. The summed E-state index contributed by atoms with van der Waals surface area (Å²) in [5.41, 5.74) is 1.55. The van der Waals surface area contributed by atoms with Crippen LogP contribution in [0.4, 0.5) is 0 Å². The van der Waals surface area contributed by atoms with E-state index in [-0.39, 0.29) is 48.6 Å². The number of carbonyl (C=O) groups excluding carboxylic acids is 1. The molecular weight excluding hydrogens is 478 g/mol. The molecule has 8 nitrogen and oxygen atoms in total. The summed E-state index contributed by atoms with van der Waals surface area (Å²) in [5.74, 6) is 6.63. The molecule has 2 aromatic rings. The minimum absolute atomic E-state index is 0.0439. The summed E-state index contributed by atoms with van der Waals surface area (Å²) >= 11 is 0. The molecule has 36 heavy (non-hydrogen) atoms. The third kappa shape index (κ3) is 6.06. The Hall–Kier alpha value is -2.93. The molecule has 3 atom stereocenters. The number of aliphatic hydroxyl groups excluding tert-OH is 1. The van der Waals surface area contributed by atoms with Crippen molar-refractivity contribution < 1.29 is 23.1 Å². The molecular formula is C27H33N3O5S. The van der Waals surface area contributed by atoms with Crippen LogP contribution in [-0.4, -0.2) is 72.5 Å². The van der Waals surface area contributed by atoms with Gasteiger partial charge >= 0.3 is 0 Å². The molecule has 4 rings (SSSR count). The molecule has 0 radical (unpaired) electrons. The summed E-state index contributed by atoms with van der Waals surface area (Å²) in [7, 11) is -2.19. The number of hydrogen-bond acceptors (Lipinski definition) is 6. The molecule has 1 N–H and O–H groups in total. The van der Waals surface area contributed by atoms with E-state index in [0.717, 1.165) is 18.4 Å². The van der Waals surface area contributed by atoms with E-state index in [4.69, 9.17) is 4.74 Å². The van der Waals surface area contributed by atoms with Gasteiger partial charge in [-0.2, -0.15) is 4.31 Å². The minimum atomic E-state index is -3.92. The monoisotopic (exact) mass is 511 g/mol. The Morgan fingerprint density at radius 2 is 2.00 bits per heavy atom. The zero-order valence-corrected chi connectivity index (χ0v) is 21.7. The van der Waals surface area contributed by atoms with E-state index in [1.807, 2.05) is 6.92 Å². The lowest BCUT2D eigenvalue weighted by molar-refractivity contribution is -0.130. The highest BCUT2D eigenvalue weighted by molar-refractivity contribution is 7.89. The standard InChI is InChI=1S/C27H33N3O5S/c1-19-16-30(20(2)18-31)36(33,34)26-9-8-22(7-6-21-4-5-21)14-24(26)35-25(19)17-29(3)27(32)15-23-10-12-28-13-11-23/h8-14,19-21,25,31H,4-5,15-18H2,1-3H3/t19-,20-,25-/m0/s1. The van der Waals surface area contributed by atoms with E-state index in [0.29, 0.717) is 11.5 Å². The van der Waals surface area contributed by atoms with Gasteiger partial charge in [0.2, 0.25) is 15.9 Å². The molecule has 1 fully saturated rings. The van der Waals surface area contributed by atoms with Crippen molar-refractivity contribution in [3.63, 3.8) is 0 Å². The van der Waals surface area contributed by atoms with Gasteiger partial charge in [-0.3, -0.25) is 9.78 Å². The highest BCUT2D eigenvalue weighted by atomic mass is 32.2. The Labute approximate surface area is 213 Å². The van der Waals surface area contributed by atoms with Crippen LogP contribution >= 0.6 is 0 Å². The van der Waals surface area contributed by atoms with Crippen LogP contribution in [0.25, 0.3) is 0 Å². The Morgan fingerprint density at radius 1 is 1.28 bits per heavy atom. The Balaban J connectivity index is 1.64. The lowest BCUT2D eigenvalue weighted by Crippen LogP contribution is -2.50. The summed E-state index contributed by atoms with van der Waals surface area (Å²) in [5, 5.41) is 9.80. The van der Waals surface area contributed by atoms with Crippen molar-refractivity contribution in [1.29, 1.82) is 0 Å². The van der Waals surface area contributed by atoms with Crippen LogP contribution in [0.1, 0.15) is 37.8 Å². The SMILES string of the molecule is C[C@H]1CN([C@@H](C)CO)S(=O)(=O)c2ccc(C#CC3CC3)cc2O[C@H]1CN(C)C(=O)Cc1ccncc1. The zero-order valence-electron chi connectivity index (χ0n) is 20.9. The molecule has 2 aliphatic rings. The first-order valence-electron chi connectivity index (χ1n) is 12.3. The van der Waals surface area contributed by atoms with Crippen molar-refractivity contribution >= 4 is 15.9 Å². The molecule has 1 aliphatic carbocycles. The van der Waals surface area contributed by atoms with E-state index in [1.54, 1.807) is 55.5 Å². The molecule has 192 valence electrons. The predicted molar refractivity (Wildman–Crippen MR) is 136 cm³/mol. The Morgan fingerprint density at radius 3 is 2.67 bits per heavy atom. The third-order valence-electron chi connectivity index (χ3n) is 6.65. The van der Waals surface area contributed by atoms with Crippen molar-refractivity contribution in [3.05, 3.63) is 53.9 Å². The number of carbonyl (C=O) groups is 1. The maximum Gasteiger partial charge on any atom is 0.247 e. The van der Waals surface area contributed by atoms with Gasteiger partial charge in [0.25, 0.3) is 0 Å². The van der Waals surface area contributed by atoms with Crippen LogP contribution in [0.5, 0.6) is 5.75 Å². The number of rotatable bonds is 6. The van der Waals surface area contributed by atoms with Gasteiger partial charge in [-0.05, 0) is 55.7 Å². The number of aliphatic hydroxyl groups is 1. The Bertz CT molecular complexity index is 1250. The number of sulfonamides is 1. The first-order chi connectivity index (χ1) is 17.2. The van der Waals surface area contributed by atoms with Gasteiger partial charge in [-0.15, -0.1) is 0 Å². The third-order valence-corrected chi connectivity index (χ3v) is 8.67. The summed E-state index contributed by atoms with van der Waals surface area (Å²) in [6.07, 6.45) is 5.26. The summed E-state index contributed by atoms with van der Waals surface area (Å²) in [6, 6.07) is 7.91. The largest absolute Gasteiger partial charge is 0.487 e. The molecule has 2 heterocycles. The number of hydrogen-bond donors (Lipinski definition) is 1. The first kappa shape index (κ1) is 26.1. The van der Waals surface area contributed by atoms with Crippen LogP contribution < -0.4 is 4.74 Å². The molecule has 1 aliphatic heterocycles. The van der Waals surface area contributed by atoms with E-state index >= 15 is 0 Å². The smallest absolute Gasteiger partial charge is 0.247 e. The number of nitrogens with zero attached hydrogens (tertiary/aromatic N) is 3. The molecule has 1 saturated carbocycles. The van der Waals surface area contributed by atoms with Crippen molar-refractivity contribution in [3.8, 4) is 17.6 Å². The second-order valence-electron chi connectivity index (χ2n) is 9.75. The fourth-order valence-corrected chi connectivity index (χ4v) is 5.94. The summed E-state index contributed by atoms with van der Waals surface area (Å²) in [4.78, 5) is 18.6. The first-order valence-corrected chi connectivity index (χ1v) is 13.7. The molecule has 0 bridgehead atoms. The topological polar surface area (TPSA) is 100 Å². The molecule has 0 spiro atoms. The average Bonchev–Trinajstić information content (AvgIpc) is 3.69. The van der Waals surface area contributed by atoms with E-state index in [9.17, 15) is 18.3 Å². The minimum Gasteiger partial charge on any atom is -0.487 e. The van der Waals surface area contributed by atoms with Crippen LogP contribution in [0.2, 0.25) is 0 Å². The molecule has 0 saturated heterocycles. The maximum atomic E-state index is 13.6. The molecule has 9 heteroatoms. The Kier molecular flexibility index (Phi) is 7.98. The number of fused-ring (bicyclic) bond motifs is 1. The van der Waals surface area contributed by atoms with Crippen LogP contribution in [0, 0.1) is 23.7 Å². The lowest BCUT2D eigenvalue weighted by Gasteiger charge is -2.37. The second kappa shape index (κ2) is 11.0. The van der Waals surface area contributed by atoms with E-state index < -0.39 is 22.2 Å². The average molecular weight is 512 g/mol. The van der Waals surface area contributed by atoms with Crippen LogP contribution in [0.15, 0.2) is 47.6 Å². The number of amides is 1. The maximum absolute atomic E-state index is 13.6. The van der Waals surface area contributed by atoms with Gasteiger partial charge in [-0.25, -0.2) is 8.42 Å². The number of likely N-dealkylation sites (N-methyl/N-ethyl adjacent to an activating group) is 1. The van der Waals surface area contributed by atoms with Crippen molar-refractivity contribution in [2.45, 2.75) is 50.2 Å². The van der Waals surface area contributed by atoms with Crippen molar-refractivity contribution in [2.75, 3.05) is 26.7 Å². The fourth-order valence-electron chi connectivity index (χ4n) is 4.12.